The normalized spacial score (nSPS) is 10.5. The molecule has 0 saturated heterocycles. The van der Waals surface area contributed by atoms with Crippen molar-refractivity contribution in [2.45, 2.75) is 12.1 Å². The number of aromatic nitrogens is 2. The van der Waals surface area contributed by atoms with Crippen LogP contribution in [0.5, 0.6) is 11.5 Å². The Morgan fingerprint density at radius 2 is 1.93 bits per heavy atom. The maximum absolute atomic E-state index is 12.4. The van der Waals surface area contributed by atoms with E-state index in [1.165, 1.54) is 25.8 Å². The molecule has 0 spiro atoms. The summed E-state index contributed by atoms with van der Waals surface area (Å²) in [5.74, 6) is 0.977. The minimum Gasteiger partial charge on any atom is -0.497 e. The number of carbonyl (C=O) groups excluding carboxylic acids is 2. The molecule has 2 amide bonds. The smallest absolute Gasteiger partial charge is 0.234 e. The molecule has 0 atom stereocenters. The lowest BCUT2D eigenvalue weighted by Crippen LogP contribution is -2.15. The molecule has 0 fully saturated rings. The third-order valence-corrected chi connectivity index (χ3v) is 4.67. The number of nitrogens with one attached hydrogen (secondary N) is 3. The van der Waals surface area contributed by atoms with Crippen molar-refractivity contribution >= 4 is 46.0 Å². The van der Waals surface area contributed by atoms with Gasteiger partial charge >= 0.3 is 0 Å². The van der Waals surface area contributed by atoms with Crippen LogP contribution >= 0.6 is 11.8 Å². The van der Waals surface area contributed by atoms with Gasteiger partial charge in [0.1, 0.15) is 11.5 Å². The van der Waals surface area contributed by atoms with E-state index in [1.54, 1.807) is 25.3 Å². The Kier molecular flexibility index (Phi) is 6.05. The maximum Gasteiger partial charge on any atom is 0.234 e. The minimum absolute atomic E-state index is 0.157. The Bertz CT molecular complexity index is 1020. The van der Waals surface area contributed by atoms with E-state index in [4.69, 9.17) is 9.47 Å². The van der Waals surface area contributed by atoms with Gasteiger partial charge in [-0.15, -0.1) is 0 Å². The third kappa shape index (κ3) is 4.74. The fourth-order valence-electron chi connectivity index (χ4n) is 2.57. The van der Waals surface area contributed by atoms with E-state index in [0.29, 0.717) is 22.3 Å². The van der Waals surface area contributed by atoms with Gasteiger partial charge in [-0.25, -0.2) is 4.98 Å². The fraction of sp³-hybridized carbons (Fsp3) is 0.211. The molecule has 0 saturated carbocycles. The summed E-state index contributed by atoms with van der Waals surface area (Å²) >= 11 is 1.29. The van der Waals surface area contributed by atoms with Crippen molar-refractivity contribution in [3.8, 4) is 11.5 Å². The van der Waals surface area contributed by atoms with E-state index in [1.807, 2.05) is 18.2 Å². The summed E-state index contributed by atoms with van der Waals surface area (Å²) in [4.78, 5) is 31.2. The molecule has 0 radical (unpaired) electrons. The maximum atomic E-state index is 12.4. The first-order valence-corrected chi connectivity index (χ1v) is 9.39. The Balaban J connectivity index is 1.66. The number of imidazole rings is 1. The number of H-pyrrole nitrogens is 1. The minimum atomic E-state index is -0.221. The van der Waals surface area contributed by atoms with Gasteiger partial charge in [0.2, 0.25) is 11.8 Å². The number of hydrogen-bond donors (Lipinski definition) is 3. The zero-order chi connectivity index (χ0) is 20.1. The highest BCUT2D eigenvalue weighted by Gasteiger charge is 2.12. The van der Waals surface area contributed by atoms with Crippen molar-refractivity contribution in [2.24, 2.45) is 0 Å². The lowest BCUT2D eigenvalue weighted by atomic mass is 10.2. The summed E-state index contributed by atoms with van der Waals surface area (Å²) in [6, 6.07) is 10.6. The zero-order valence-electron chi connectivity index (χ0n) is 15.7. The van der Waals surface area contributed by atoms with Crippen LogP contribution in [0.25, 0.3) is 11.0 Å². The molecule has 146 valence electrons. The van der Waals surface area contributed by atoms with Crippen molar-refractivity contribution < 1.29 is 19.1 Å². The Hall–Kier alpha value is -3.20. The molecule has 2 aromatic carbocycles. The molecule has 0 aliphatic carbocycles. The summed E-state index contributed by atoms with van der Waals surface area (Å²) in [5, 5.41) is 6.11. The predicted molar refractivity (Wildman–Crippen MR) is 109 cm³/mol. The third-order valence-electron chi connectivity index (χ3n) is 3.80. The lowest BCUT2D eigenvalue weighted by Gasteiger charge is -2.12. The van der Waals surface area contributed by atoms with E-state index < -0.39 is 0 Å². The van der Waals surface area contributed by atoms with Crippen LogP contribution in [-0.4, -0.2) is 41.8 Å². The van der Waals surface area contributed by atoms with Crippen LogP contribution in [0.1, 0.15) is 6.92 Å². The fourth-order valence-corrected chi connectivity index (χ4v) is 3.25. The number of anilines is 2. The van der Waals surface area contributed by atoms with E-state index >= 15 is 0 Å². The molecule has 1 aromatic heterocycles. The number of carbonyl (C=O) groups is 2. The predicted octanol–water partition coefficient (Wildman–Crippen LogP) is 3.27. The van der Waals surface area contributed by atoms with Crippen molar-refractivity contribution in [3.05, 3.63) is 36.4 Å². The van der Waals surface area contributed by atoms with Gasteiger partial charge in [0.05, 0.1) is 36.7 Å². The van der Waals surface area contributed by atoms with Crippen LogP contribution in [0.3, 0.4) is 0 Å². The first-order valence-electron chi connectivity index (χ1n) is 8.40. The molecule has 0 aliphatic heterocycles. The number of amides is 2. The molecule has 3 aromatic rings. The lowest BCUT2D eigenvalue weighted by molar-refractivity contribution is -0.114. The van der Waals surface area contributed by atoms with Gasteiger partial charge in [-0.3, -0.25) is 9.59 Å². The second kappa shape index (κ2) is 8.66. The number of rotatable bonds is 7. The van der Waals surface area contributed by atoms with Crippen molar-refractivity contribution in [3.63, 3.8) is 0 Å². The number of nitrogens with zero attached hydrogens (tertiary/aromatic N) is 1. The Morgan fingerprint density at radius 3 is 2.64 bits per heavy atom. The van der Waals surface area contributed by atoms with Gasteiger partial charge in [-0.1, -0.05) is 11.8 Å². The van der Waals surface area contributed by atoms with E-state index in [2.05, 4.69) is 20.6 Å². The highest BCUT2D eigenvalue weighted by molar-refractivity contribution is 7.99. The quantitative estimate of drug-likeness (QED) is 0.526. The SMILES string of the molecule is COc1ccc2nc(SCC(=O)Nc3cc(NC(C)=O)ccc3OC)[nH]c2c1. The average molecular weight is 400 g/mol. The van der Waals surface area contributed by atoms with Crippen LogP contribution in [-0.2, 0) is 9.59 Å². The summed E-state index contributed by atoms with van der Waals surface area (Å²) in [6.45, 7) is 1.42. The second-order valence-corrected chi connectivity index (χ2v) is 6.82. The molecule has 3 N–H and O–H groups in total. The number of aromatic amines is 1. The molecular formula is C19H20N4O4S. The van der Waals surface area contributed by atoms with Gasteiger partial charge in [-0.2, -0.15) is 0 Å². The summed E-state index contributed by atoms with van der Waals surface area (Å²) in [7, 11) is 3.12. The topological polar surface area (TPSA) is 105 Å². The van der Waals surface area contributed by atoms with Gasteiger partial charge in [-0.05, 0) is 30.3 Å². The first-order chi connectivity index (χ1) is 13.5. The van der Waals surface area contributed by atoms with Crippen LogP contribution in [0.2, 0.25) is 0 Å². The summed E-state index contributed by atoms with van der Waals surface area (Å²) < 4.78 is 10.5. The molecule has 1 heterocycles. The molecule has 0 aliphatic rings. The van der Waals surface area contributed by atoms with Crippen LogP contribution in [0, 0.1) is 0 Å². The average Bonchev–Trinajstić information content (AvgIpc) is 3.08. The van der Waals surface area contributed by atoms with Crippen LogP contribution in [0.4, 0.5) is 11.4 Å². The highest BCUT2D eigenvalue weighted by atomic mass is 32.2. The van der Waals surface area contributed by atoms with E-state index in [0.717, 1.165) is 16.8 Å². The zero-order valence-corrected chi connectivity index (χ0v) is 16.5. The molecule has 9 heteroatoms. The van der Waals surface area contributed by atoms with Crippen LogP contribution in [0.15, 0.2) is 41.6 Å². The number of ether oxygens (including phenoxy) is 2. The van der Waals surface area contributed by atoms with Gasteiger partial charge in [0.25, 0.3) is 0 Å². The molecule has 0 bridgehead atoms. The molecule has 0 unspecified atom stereocenters. The number of methoxy groups -OCH3 is 2. The largest absolute Gasteiger partial charge is 0.497 e. The monoisotopic (exact) mass is 400 g/mol. The van der Waals surface area contributed by atoms with Gasteiger partial charge in [0, 0.05) is 18.7 Å². The van der Waals surface area contributed by atoms with Crippen LogP contribution < -0.4 is 20.1 Å². The molecular weight excluding hydrogens is 380 g/mol. The molecule has 3 rings (SSSR count). The van der Waals surface area contributed by atoms with Gasteiger partial charge in [0.15, 0.2) is 5.16 Å². The highest BCUT2D eigenvalue weighted by Crippen LogP contribution is 2.28. The Labute approximate surface area is 166 Å². The summed E-state index contributed by atoms with van der Waals surface area (Å²) in [5.41, 5.74) is 2.69. The number of benzene rings is 2. The second-order valence-electron chi connectivity index (χ2n) is 5.86. The van der Waals surface area contributed by atoms with Crippen molar-refractivity contribution in [2.75, 3.05) is 30.6 Å². The number of thioether (sulfide) groups is 1. The molecule has 28 heavy (non-hydrogen) atoms. The first kappa shape index (κ1) is 19.6. The Morgan fingerprint density at radius 1 is 1.11 bits per heavy atom. The number of fused-ring (bicyclic) bond motifs is 1. The standard InChI is InChI=1S/C19H20N4O4S/c1-11(24)20-12-4-7-17(27-3)16(8-12)21-18(25)10-28-19-22-14-6-5-13(26-2)9-15(14)23-19/h4-9H,10H2,1-3H3,(H,20,24)(H,21,25)(H,22,23). The van der Waals surface area contributed by atoms with Crippen molar-refractivity contribution in [1.29, 1.82) is 0 Å². The van der Waals surface area contributed by atoms with Crippen molar-refractivity contribution in [1.82, 2.24) is 9.97 Å². The summed E-state index contributed by atoms with van der Waals surface area (Å²) in [6.07, 6.45) is 0. The van der Waals surface area contributed by atoms with E-state index in [-0.39, 0.29) is 17.6 Å². The number of hydrogen-bond acceptors (Lipinski definition) is 6. The van der Waals surface area contributed by atoms with Gasteiger partial charge < -0.3 is 25.1 Å². The molecule has 8 nitrogen and oxygen atoms in total. The van der Waals surface area contributed by atoms with E-state index in [9.17, 15) is 9.59 Å².